The molecule has 0 aromatic heterocycles. The lowest BCUT2D eigenvalue weighted by Gasteiger charge is -2.31. The topological polar surface area (TPSA) is 287 Å². The van der Waals surface area contributed by atoms with E-state index in [9.17, 15) is 43.2 Å². The van der Waals surface area contributed by atoms with Crippen molar-refractivity contribution in [3.8, 4) is 5.75 Å². The molecule has 1 aromatic carbocycles. The molecule has 1 aromatic rings. The molecule has 20 heteroatoms. The SMILES string of the molecule is CC(=O)N[C@@H](Cc1ccc(OP(=O)(O)O)cc1)C(=O)N[C@@H](CC(C)C)C(=O)N1CCC[C@H]1C(=O)N[C@@H](CCC(=O)N(C)C)C(=O)N[C@H](C(N)=O)[C@@H](C)O. The average molecular weight is 770 g/mol. The number of nitrogens with one attached hydrogen (secondary N) is 4. The van der Waals surface area contributed by atoms with E-state index in [2.05, 4.69) is 25.8 Å². The number of benzene rings is 1. The van der Waals surface area contributed by atoms with E-state index >= 15 is 0 Å². The molecule has 1 aliphatic heterocycles. The smallest absolute Gasteiger partial charge is 0.404 e. The Kier molecular flexibility index (Phi) is 16.8. The normalized spacial score (nSPS) is 17.1. The Hall–Kier alpha value is -4.58. The van der Waals surface area contributed by atoms with E-state index in [4.69, 9.17) is 15.5 Å². The van der Waals surface area contributed by atoms with Gasteiger partial charge in [0.25, 0.3) is 0 Å². The Labute approximate surface area is 308 Å². The van der Waals surface area contributed by atoms with Crippen LogP contribution in [0.15, 0.2) is 24.3 Å². The highest BCUT2D eigenvalue weighted by Gasteiger charge is 2.40. The number of aliphatic hydroxyl groups excluding tert-OH is 1. The summed E-state index contributed by atoms with van der Waals surface area (Å²) in [6.07, 6.45) is -0.919. The zero-order valence-corrected chi connectivity index (χ0v) is 31.6. The number of amides is 7. The summed E-state index contributed by atoms with van der Waals surface area (Å²) in [6.45, 7) is 6.28. The molecule has 0 spiro atoms. The van der Waals surface area contributed by atoms with Crippen molar-refractivity contribution < 1.29 is 57.5 Å². The highest BCUT2D eigenvalue weighted by atomic mass is 31.2. The van der Waals surface area contributed by atoms with Gasteiger partial charge in [-0.15, -0.1) is 0 Å². The fourth-order valence-electron chi connectivity index (χ4n) is 5.69. The number of aliphatic hydroxyl groups is 1. The standard InChI is InChI=1S/C33H52N7O12P/c1-18(2)16-25(37-31(46)24(35-20(4)42)17-21-9-11-22(12-10-21)52-53(49,50)51)33(48)40-15-7-8-26(40)32(47)36-23(13-14-27(43)39(5)6)30(45)38-28(19(3)41)29(34)44/h9-12,18-19,23-26,28,41H,7-8,13-17H2,1-6H3,(H2,34,44)(H,35,42)(H,36,47)(H,37,46)(H,38,45)(H2,49,50,51)/t19-,23+,24+,25+,26+,28+/m1/s1. The van der Waals surface area contributed by atoms with E-state index in [0.717, 1.165) is 0 Å². The van der Waals surface area contributed by atoms with Crippen LogP contribution in [0.2, 0.25) is 0 Å². The molecule has 0 unspecified atom stereocenters. The van der Waals surface area contributed by atoms with Crippen molar-refractivity contribution in [3.05, 3.63) is 29.8 Å². The Morgan fingerprint density at radius 2 is 1.55 bits per heavy atom. The molecule has 0 bridgehead atoms. The molecular formula is C33H52N7O12P. The minimum Gasteiger partial charge on any atom is -0.404 e. The number of phosphoric ester groups is 1. The zero-order chi connectivity index (χ0) is 40.2. The third-order valence-electron chi connectivity index (χ3n) is 8.31. The predicted molar refractivity (Wildman–Crippen MR) is 189 cm³/mol. The molecular weight excluding hydrogens is 717 g/mol. The van der Waals surface area contributed by atoms with Crippen LogP contribution >= 0.6 is 7.82 Å². The number of rotatable bonds is 19. The number of primary amides is 1. The molecule has 1 saturated heterocycles. The molecule has 0 saturated carbocycles. The fourth-order valence-corrected chi connectivity index (χ4v) is 6.09. The molecule has 7 amide bonds. The molecule has 1 heterocycles. The van der Waals surface area contributed by atoms with E-state index in [-0.39, 0.29) is 56.2 Å². The van der Waals surface area contributed by atoms with Crippen molar-refractivity contribution in [2.75, 3.05) is 20.6 Å². The van der Waals surface area contributed by atoms with Gasteiger partial charge in [-0.1, -0.05) is 26.0 Å². The van der Waals surface area contributed by atoms with Crippen LogP contribution in [-0.4, -0.2) is 123 Å². The van der Waals surface area contributed by atoms with E-state index in [0.29, 0.717) is 12.0 Å². The summed E-state index contributed by atoms with van der Waals surface area (Å²) in [4.78, 5) is 112. The lowest BCUT2D eigenvalue weighted by atomic mass is 10.00. The molecule has 1 fully saturated rings. The summed E-state index contributed by atoms with van der Waals surface area (Å²) in [5, 5.41) is 20.1. The lowest BCUT2D eigenvalue weighted by Crippen LogP contribution is -2.59. The van der Waals surface area contributed by atoms with Crippen LogP contribution < -0.4 is 31.5 Å². The number of likely N-dealkylation sites (tertiary alicyclic amines) is 1. The van der Waals surface area contributed by atoms with Gasteiger partial charge in [0, 0.05) is 40.4 Å². The van der Waals surface area contributed by atoms with Crippen LogP contribution in [0.4, 0.5) is 0 Å². The molecule has 9 N–H and O–H groups in total. The predicted octanol–water partition coefficient (Wildman–Crippen LogP) is -1.57. The van der Waals surface area contributed by atoms with Gasteiger partial charge in [0.05, 0.1) is 6.10 Å². The van der Waals surface area contributed by atoms with E-state index < -0.39 is 79.6 Å². The Bertz CT molecular complexity index is 1530. The number of carbonyl (C=O) groups is 7. The summed E-state index contributed by atoms with van der Waals surface area (Å²) in [7, 11) is -1.76. The average Bonchev–Trinajstić information content (AvgIpc) is 3.54. The Morgan fingerprint density at radius 1 is 0.943 bits per heavy atom. The van der Waals surface area contributed by atoms with Gasteiger partial charge in [0.2, 0.25) is 41.4 Å². The van der Waals surface area contributed by atoms with Crippen molar-refractivity contribution >= 4 is 49.2 Å². The van der Waals surface area contributed by atoms with E-state index in [1.807, 2.05) is 13.8 Å². The number of nitrogens with zero attached hydrogens (tertiary/aromatic N) is 2. The molecule has 0 radical (unpaired) electrons. The van der Waals surface area contributed by atoms with Gasteiger partial charge >= 0.3 is 7.82 Å². The third kappa shape index (κ3) is 14.8. The first-order valence-electron chi connectivity index (χ1n) is 17.1. The number of hydrogen-bond donors (Lipinski definition) is 8. The van der Waals surface area contributed by atoms with Crippen LogP contribution in [-0.2, 0) is 44.5 Å². The Balaban J connectivity index is 2.29. The maximum Gasteiger partial charge on any atom is 0.524 e. The summed E-state index contributed by atoms with van der Waals surface area (Å²) in [5.41, 5.74) is 5.82. The van der Waals surface area contributed by atoms with Crippen molar-refractivity contribution in [2.24, 2.45) is 11.7 Å². The number of carbonyl (C=O) groups excluding carboxylic acids is 7. The largest absolute Gasteiger partial charge is 0.524 e. The van der Waals surface area contributed by atoms with Crippen LogP contribution in [0, 0.1) is 5.92 Å². The molecule has 1 aliphatic rings. The first-order chi connectivity index (χ1) is 24.6. The van der Waals surface area contributed by atoms with Crippen LogP contribution in [0.3, 0.4) is 0 Å². The highest BCUT2D eigenvalue weighted by Crippen LogP contribution is 2.37. The maximum atomic E-state index is 14.0. The first kappa shape index (κ1) is 44.6. The minimum absolute atomic E-state index is 0.0512. The first-order valence-corrected chi connectivity index (χ1v) is 18.6. The van der Waals surface area contributed by atoms with Gasteiger partial charge < -0.3 is 46.4 Å². The van der Waals surface area contributed by atoms with Crippen LogP contribution in [0.1, 0.15) is 65.4 Å². The lowest BCUT2D eigenvalue weighted by molar-refractivity contribution is -0.143. The maximum absolute atomic E-state index is 14.0. The van der Waals surface area contributed by atoms with Gasteiger partial charge in [0.15, 0.2) is 0 Å². The van der Waals surface area contributed by atoms with Gasteiger partial charge in [-0.05, 0) is 56.2 Å². The third-order valence-corrected chi connectivity index (χ3v) is 8.76. The van der Waals surface area contributed by atoms with Gasteiger partial charge in [-0.2, -0.15) is 0 Å². The van der Waals surface area contributed by atoms with E-state index in [1.165, 1.54) is 62.0 Å². The van der Waals surface area contributed by atoms with Crippen LogP contribution in [0.5, 0.6) is 5.75 Å². The molecule has 2 rings (SSSR count). The summed E-state index contributed by atoms with van der Waals surface area (Å²) in [6, 6.07) is -0.652. The zero-order valence-electron chi connectivity index (χ0n) is 30.7. The van der Waals surface area contributed by atoms with E-state index in [1.54, 1.807) is 0 Å². The number of hydrogen-bond acceptors (Lipinski definition) is 10. The van der Waals surface area contributed by atoms with Crippen molar-refractivity contribution in [1.82, 2.24) is 31.1 Å². The molecule has 0 aliphatic carbocycles. The summed E-state index contributed by atoms with van der Waals surface area (Å²) in [5.74, 6) is -4.95. The number of nitrogens with two attached hydrogens (primary N) is 1. The summed E-state index contributed by atoms with van der Waals surface area (Å²) < 4.78 is 15.7. The van der Waals surface area contributed by atoms with Crippen molar-refractivity contribution in [2.45, 2.75) is 103 Å². The monoisotopic (exact) mass is 769 g/mol. The Morgan fingerprint density at radius 3 is 2.06 bits per heavy atom. The fraction of sp³-hybridized carbons (Fsp3) is 0.606. The van der Waals surface area contributed by atoms with Gasteiger partial charge in [-0.3, -0.25) is 43.3 Å². The van der Waals surface area contributed by atoms with Gasteiger partial charge in [-0.25, -0.2) is 4.57 Å². The van der Waals surface area contributed by atoms with Crippen molar-refractivity contribution in [3.63, 3.8) is 0 Å². The molecule has 6 atom stereocenters. The van der Waals surface area contributed by atoms with Gasteiger partial charge in [0.1, 0.15) is 36.0 Å². The summed E-state index contributed by atoms with van der Waals surface area (Å²) >= 11 is 0. The molecule has 53 heavy (non-hydrogen) atoms. The minimum atomic E-state index is -4.79. The number of phosphoric acid groups is 1. The highest BCUT2D eigenvalue weighted by molar-refractivity contribution is 7.46. The second kappa shape index (κ2) is 20.0. The molecule has 19 nitrogen and oxygen atoms in total. The quantitative estimate of drug-likeness (QED) is 0.0741. The van der Waals surface area contributed by atoms with Crippen LogP contribution in [0.25, 0.3) is 0 Å². The second-order valence-electron chi connectivity index (χ2n) is 13.6. The second-order valence-corrected chi connectivity index (χ2v) is 14.7. The van der Waals surface area contributed by atoms with Crippen molar-refractivity contribution in [1.29, 1.82) is 0 Å². The molecule has 296 valence electrons.